The molecular weight excluding hydrogens is 318 g/mol. The number of thiazole rings is 1. The van der Waals surface area contributed by atoms with Gasteiger partial charge in [-0.3, -0.25) is 4.79 Å². The monoisotopic (exact) mass is 333 g/mol. The number of amides is 1. The predicted octanol–water partition coefficient (Wildman–Crippen LogP) is 1.20. The summed E-state index contributed by atoms with van der Waals surface area (Å²) in [5.74, 6) is 1.25. The number of benzene rings is 1. The Labute approximate surface area is 136 Å². The highest BCUT2D eigenvalue weighted by Gasteiger charge is 2.28. The van der Waals surface area contributed by atoms with E-state index in [-0.39, 0.29) is 18.7 Å². The normalized spacial score (nSPS) is 22.3. The van der Waals surface area contributed by atoms with Crippen LogP contribution >= 0.6 is 11.3 Å². The quantitative estimate of drug-likeness (QED) is 0.782. The number of ether oxygens (including phenoxy) is 2. The van der Waals surface area contributed by atoms with E-state index >= 15 is 0 Å². The highest BCUT2D eigenvalue weighted by molar-refractivity contribution is 7.14. The van der Waals surface area contributed by atoms with Gasteiger partial charge in [0.05, 0.1) is 17.8 Å². The molecule has 2 aliphatic heterocycles. The first-order valence-corrected chi connectivity index (χ1v) is 8.15. The number of aromatic nitrogens is 1. The molecule has 3 heterocycles. The van der Waals surface area contributed by atoms with E-state index in [0.717, 1.165) is 17.0 Å². The zero-order valence-electron chi connectivity index (χ0n) is 12.1. The van der Waals surface area contributed by atoms with Crippen molar-refractivity contribution in [2.75, 3.05) is 18.7 Å². The van der Waals surface area contributed by atoms with Gasteiger partial charge < -0.3 is 25.2 Å². The summed E-state index contributed by atoms with van der Waals surface area (Å²) in [6.07, 6.45) is -0.0436. The number of rotatable bonds is 3. The largest absolute Gasteiger partial charge is 0.454 e. The Hall–Kier alpha value is -2.16. The van der Waals surface area contributed by atoms with Crippen LogP contribution in [0.4, 0.5) is 5.13 Å². The molecule has 2 unspecified atom stereocenters. The summed E-state index contributed by atoms with van der Waals surface area (Å²) in [5.41, 5.74) is 1.67. The van der Waals surface area contributed by atoms with Crippen LogP contribution < -0.4 is 20.1 Å². The minimum Gasteiger partial charge on any atom is -0.454 e. The molecule has 3 N–H and O–H groups in total. The van der Waals surface area contributed by atoms with Crippen molar-refractivity contribution >= 4 is 22.4 Å². The van der Waals surface area contributed by atoms with Gasteiger partial charge in [0.2, 0.25) is 12.7 Å². The van der Waals surface area contributed by atoms with Gasteiger partial charge in [-0.25, -0.2) is 4.98 Å². The average Bonchev–Trinajstić information content (AvgIpc) is 3.26. The third-order valence-electron chi connectivity index (χ3n) is 3.83. The van der Waals surface area contributed by atoms with E-state index in [1.807, 2.05) is 23.6 Å². The molecule has 0 saturated carbocycles. The lowest BCUT2D eigenvalue weighted by atomic mass is 10.1. The van der Waals surface area contributed by atoms with Crippen LogP contribution in [0.25, 0.3) is 11.3 Å². The Kier molecular flexibility index (Phi) is 3.64. The number of carbonyl (C=O) groups is 1. The third-order valence-corrected chi connectivity index (χ3v) is 4.58. The number of β-amino-alcohol motifs (C(OH)–C–C–N with tert-alkyl or cyclic N) is 1. The summed E-state index contributed by atoms with van der Waals surface area (Å²) >= 11 is 1.36. The van der Waals surface area contributed by atoms with Crippen molar-refractivity contribution in [2.45, 2.75) is 18.6 Å². The van der Waals surface area contributed by atoms with E-state index in [1.165, 1.54) is 11.3 Å². The molecule has 1 amide bonds. The second-order valence-corrected chi connectivity index (χ2v) is 6.30. The molecule has 1 fully saturated rings. The number of carbonyl (C=O) groups excluding carboxylic acids is 1. The number of hydrogen-bond donors (Lipinski definition) is 3. The first-order valence-electron chi connectivity index (χ1n) is 7.27. The maximum Gasteiger partial charge on any atom is 0.243 e. The lowest BCUT2D eigenvalue weighted by Crippen LogP contribution is -2.35. The Morgan fingerprint density at radius 1 is 1.39 bits per heavy atom. The minimum atomic E-state index is -0.466. The van der Waals surface area contributed by atoms with Gasteiger partial charge in [0.25, 0.3) is 0 Å². The van der Waals surface area contributed by atoms with Gasteiger partial charge in [-0.15, -0.1) is 11.3 Å². The number of aliphatic hydroxyl groups is 1. The fraction of sp³-hybridized carbons (Fsp3) is 0.333. The maximum absolute atomic E-state index is 12.1. The average molecular weight is 333 g/mol. The van der Waals surface area contributed by atoms with Crippen LogP contribution in [-0.2, 0) is 4.79 Å². The van der Waals surface area contributed by atoms with Crippen molar-refractivity contribution in [3.63, 3.8) is 0 Å². The Morgan fingerprint density at radius 2 is 2.26 bits per heavy atom. The molecule has 0 radical (unpaired) electrons. The van der Waals surface area contributed by atoms with Gasteiger partial charge in [0.15, 0.2) is 16.6 Å². The van der Waals surface area contributed by atoms with Crippen molar-refractivity contribution in [3.05, 3.63) is 23.6 Å². The Morgan fingerprint density at radius 3 is 3.09 bits per heavy atom. The summed E-state index contributed by atoms with van der Waals surface area (Å²) in [5, 5.41) is 17.6. The fourth-order valence-electron chi connectivity index (χ4n) is 2.63. The smallest absolute Gasteiger partial charge is 0.243 e. The van der Waals surface area contributed by atoms with E-state index in [4.69, 9.17) is 9.47 Å². The molecule has 1 aromatic carbocycles. The maximum atomic E-state index is 12.1. The van der Waals surface area contributed by atoms with E-state index in [9.17, 15) is 9.90 Å². The van der Waals surface area contributed by atoms with Crippen molar-refractivity contribution in [2.24, 2.45) is 0 Å². The standard InChI is InChI=1S/C15H15N3O4S/c19-9-4-10(16-5-9)14(20)18-15-17-11(6-23-15)8-1-2-12-13(3-8)22-7-21-12/h1-3,6,9-10,16,19H,4-5,7H2,(H,17,18,20). The zero-order valence-corrected chi connectivity index (χ0v) is 12.9. The molecule has 8 heteroatoms. The van der Waals surface area contributed by atoms with Crippen molar-refractivity contribution in [1.82, 2.24) is 10.3 Å². The van der Waals surface area contributed by atoms with Crippen molar-refractivity contribution in [1.29, 1.82) is 0 Å². The minimum absolute atomic E-state index is 0.173. The molecule has 23 heavy (non-hydrogen) atoms. The highest BCUT2D eigenvalue weighted by Crippen LogP contribution is 2.36. The first kappa shape index (κ1) is 14.4. The molecule has 0 aliphatic carbocycles. The lowest BCUT2D eigenvalue weighted by molar-refractivity contribution is -0.117. The van der Waals surface area contributed by atoms with Crippen LogP contribution in [-0.4, -0.2) is 41.5 Å². The van der Waals surface area contributed by atoms with Crippen LogP contribution in [0.3, 0.4) is 0 Å². The number of hydrogen-bond acceptors (Lipinski definition) is 7. The number of anilines is 1. The lowest BCUT2D eigenvalue weighted by Gasteiger charge is -2.08. The van der Waals surface area contributed by atoms with Gasteiger partial charge in [0.1, 0.15) is 0 Å². The molecule has 0 bridgehead atoms. The van der Waals surface area contributed by atoms with Gasteiger partial charge >= 0.3 is 0 Å². The van der Waals surface area contributed by atoms with Crippen molar-refractivity contribution in [3.8, 4) is 22.8 Å². The van der Waals surface area contributed by atoms with E-state index < -0.39 is 6.10 Å². The number of nitrogens with one attached hydrogen (secondary N) is 2. The Balaban J connectivity index is 1.47. The molecule has 0 spiro atoms. The van der Waals surface area contributed by atoms with E-state index in [0.29, 0.717) is 23.8 Å². The summed E-state index contributed by atoms with van der Waals surface area (Å²) < 4.78 is 10.6. The fourth-order valence-corrected chi connectivity index (χ4v) is 3.35. The molecule has 1 saturated heterocycles. The van der Waals surface area contributed by atoms with Crippen LogP contribution in [0, 0.1) is 0 Å². The van der Waals surface area contributed by atoms with E-state index in [2.05, 4.69) is 15.6 Å². The molecule has 4 rings (SSSR count). The molecule has 2 atom stereocenters. The molecule has 2 aromatic rings. The second-order valence-electron chi connectivity index (χ2n) is 5.45. The highest BCUT2D eigenvalue weighted by atomic mass is 32.1. The summed E-state index contributed by atoms with van der Waals surface area (Å²) in [6.45, 7) is 0.676. The SMILES string of the molecule is O=C(Nc1nc(-c2ccc3c(c2)OCO3)cs1)C1CC(O)CN1. The molecular formula is C15H15N3O4S. The van der Waals surface area contributed by atoms with Crippen LogP contribution in [0.15, 0.2) is 23.6 Å². The molecule has 1 aromatic heterocycles. The summed E-state index contributed by atoms with van der Waals surface area (Å²) in [6, 6.07) is 5.25. The topological polar surface area (TPSA) is 92.7 Å². The zero-order chi connectivity index (χ0) is 15.8. The van der Waals surface area contributed by atoms with Gasteiger partial charge in [-0.2, -0.15) is 0 Å². The van der Waals surface area contributed by atoms with Gasteiger partial charge in [0, 0.05) is 17.5 Å². The number of fused-ring (bicyclic) bond motifs is 1. The van der Waals surface area contributed by atoms with Crippen molar-refractivity contribution < 1.29 is 19.4 Å². The third kappa shape index (κ3) is 2.88. The second kappa shape index (κ2) is 5.80. The number of nitrogens with zero attached hydrogens (tertiary/aromatic N) is 1. The predicted molar refractivity (Wildman–Crippen MR) is 84.7 cm³/mol. The van der Waals surface area contributed by atoms with Gasteiger partial charge in [-0.05, 0) is 24.6 Å². The summed E-state index contributed by atoms with van der Waals surface area (Å²) in [7, 11) is 0. The first-order chi connectivity index (χ1) is 11.2. The van der Waals surface area contributed by atoms with Crippen LogP contribution in [0.1, 0.15) is 6.42 Å². The van der Waals surface area contributed by atoms with E-state index in [1.54, 1.807) is 0 Å². The van der Waals surface area contributed by atoms with Gasteiger partial charge in [-0.1, -0.05) is 0 Å². The summed E-state index contributed by atoms with van der Waals surface area (Å²) in [4.78, 5) is 16.5. The van der Waals surface area contributed by atoms with Crippen LogP contribution in [0.5, 0.6) is 11.5 Å². The molecule has 2 aliphatic rings. The molecule has 120 valence electrons. The molecule has 7 nitrogen and oxygen atoms in total. The number of aliphatic hydroxyl groups excluding tert-OH is 1. The van der Waals surface area contributed by atoms with Crippen LogP contribution in [0.2, 0.25) is 0 Å². The Bertz CT molecular complexity index is 748.